The van der Waals surface area contributed by atoms with E-state index in [2.05, 4.69) is 35.8 Å². The van der Waals surface area contributed by atoms with Crippen molar-refractivity contribution < 1.29 is 0 Å². The zero-order valence-corrected chi connectivity index (χ0v) is 10.3. The van der Waals surface area contributed by atoms with E-state index in [1.54, 1.807) is 0 Å². The number of halogens is 2. The van der Waals surface area contributed by atoms with Gasteiger partial charge in [0.15, 0.2) is 0 Å². The molecule has 0 spiro atoms. The summed E-state index contributed by atoms with van der Waals surface area (Å²) >= 11 is 9.42. The van der Waals surface area contributed by atoms with Crippen molar-refractivity contribution in [2.24, 2.45) is 5.41 Å². The molecular formula is C11H14BrCl. The molecule has 0 unspecified atom stereocenters. The molecular weight excluding hydrogens is 247 g/mol. The van der Waals surface area contributed by atoms with E-state index in [4.69, 9.17) is 11.6 Å². The molecule has 0 aliphatic rings. The molecule has 72 valence electrons. The van der Waals surface area contributed by atoms with E-state index in [9.17, 15) is 0 Å². The van der Waals surface area contributed by atoms with Crippen LogP contribution in [0.4, 0.5) is 0 Å². The number of alkyl halides is 1. The molecule has 0 N–H and O–H groups in total. The molecule has 0 saturated heterocycles. The van der Waals surface area contributed by atoms with Gasteiger partial charge in [0.1, 0.15) is 0 Å². The van der Waals surface area contributed by atoms with Gasteiger partial charge in [0.2, 0.25) is 0 Å². The van der Waals surface area contributed by atoms with Gasteiger partial charge in [-0.2, -0.15) is 0 Å². The van der Waals surface area contributed by atoms with E-state index in [-0.39, 0.29) is 0 Å². The predicted octanol–water partition coefficient (Wildman–Crippen LogP) is 4.30. The normalized spacial score (nSPS) is 11.7. The average Bonchev–Trinajstić information content (AvgIpc) is 2.03. The second kappa shape index (κ2) is 4.47. The molecule has 0 saturated carbocycles. The molecule has 0 aliphatic heterocycles. The molecule has 0 amide bonds. The molecule has 2 heteroatoms. The van der Waals surface area contributed by atoms with Gasteiger partial charge in [-0.15, -0.1) is 0 Å². The molecule has 0 bridgehead atoms. The van der Waals surface area contributed by atoms with Crippen molar-refractivity contribution >= 4 is 27.5 Å². The van der Waals surface area contributed by atoms with E-state index < -0.39 is 0 Å². The quantitative estimate of drug-likeness (QED) is 0.712. The number of benzene rings is 1. The first-order valence-electron chi connectivity index (χ1n) is 4.34. The zero-order chi connectivity index (χ0) is 9.90. The lowest BCUT2D eigenvalue weighted by atomic mass is 9.88. The molecule has 1 aromatic carbocycles. The zero-order valence-electron chi connectivity index (χ0n) is 7.98. The summed E-state index contributed by atoms with van der Waals surface area (Å²) in [5.74, 6) is 0. The van der Waals surface area contributed by atoms with Crippen LogP contribution in [0.3, 0.4) is 0 Å². The van der Waals surface area contributed by atoms with Crippen LogP contribution in [-0.4, -0.2) is 5.33 Å². The lowest BCUT2D eigenvalue weighted by Gasteiger charge is -2.21. The maximum atomic E-state index is 5.91. The maximum absolute atomic E-state index is 5.91. The molecule has 0 fully saturated rings. The molecule has 1 rings (SSSR count). The Balaban J connectivity index is 2.74. The molecule has 13 heavy (non-hydrogen) atoms. The van der Waals surface area contributed by atoms with E-state index in [1.165, 1.54) is 5.56 Å². The first-order chi connectivity index (χ1) is 6.03. The van der Waals surface area contributed by atoms with Crippen molar-refractivity contribution in [2.45, 2.75) is 20.3 Å². The first kappa shape index (κ1) is 11.1. The van der Waals surface area contributed by atoms with Gasteiger partial charge in [-0.3, -0.25) is 0 Å². The summed E-state index contributed by atoms with van der Waals surface area (Å²) in [6, 6.07) is 8.07. The van der Waals surface area contributed by atoms with Crippen LogP contribution in [-0.2, 0) is 6.42 Å². The lowest BCUT2D eigenvalue weighted by molar-refractivity contribution is 0.425. The Kier molecular flexibility index (Phi) is 3.81. The highest BCUT2D eigenvalue weighted by Gasteiger charge is 2.16. The van der Waals surface area contributed by atoms with Crippen molar-refractivity contribution in [1.82, 2.24) is 0 Å². The maximum Gasteiger partial charge on any atom is 0.0408 e. The average molecular weight is 262 g/mol. The van der Waals surface area contributed by atoms with Crippen molar-refractivity contribution in [1.29, 1.82) is 0 Å². The fourth-order valence-corrected chi connectivity index (χ4v) is 1.66. The minimum absolute atomic E-state index is 0.296. The monoisotopic (exact) mass is 260 g/mol. The summed E-state index contributed by atoms with van der Waals surface area (Å²) in [6.45, 7) is 4.48. The third kappa shape index (κ3) is 3.70. The number of rotatable bonds is 3. The van der Waals surface area contributed by atoms with Crippen LogP contribution >= 0.6 is 27.5 Å². The molecule has 0 heterocycles. The molecule has 0 nitrogen and oxygen atoms in total. The summed E-state index contributed by atoms with van der Waals surface area (Å²) in [5.41, 5.74) is 1.60. The Morgan fingerprint density at radius 3 is 2.62 bits per heavy atom. The smallest absolute Gasteiger partial charge is 0.0408 e. The number of hydrogen-bond acceptors (Lipinski definition) is 0. The van der Waals surface area contributed by atoms with Gasteiger partial charge in [0.25, 0.3) is 0 Å². The van der Waals surface area contributed by atoms with Gasteiger partial charge in [-0.05, 0) is 29.5 Å². The molecule has 1 aromatic rings. The third-order valence-electron chi connectivity index (χ3n) is 1.93. The molecule has 0 aliphatic carbocycles. The Morgan fingerprint density at radius 1 is 1.38 bits per heavy atom. The van der Waals surface area contributed by atoms with Gasteiger partial charge in [-0.1, -0.05) is 53.5 Å². The Bertz CT molecular complexity index is 281. The van der Waals surface area contributed by atoms with Crippen LogP contribution in [0.15, 0.2) is 24.3 Å². The minimum atomic E-state index is 0.296. The van der Waals surface area contributed by atoms with Gasteiger partial charge in [0.05, 0.1) is 0 Å². The SMILES string of the molecule is CC(C)(CBr)Cc1cccc(Cl)c1. The van der Waals surface area contributed by atoms with Crippen LogP contribution < -0.4 is 0 Å². The first-order valence-corrected chi connectivity index (χ1v) is 5.84. The Hall–Kier alpha value is -0.0100. The second-order valence-electron chi connectivity index (χ2n) is 4.10. The Morgan fingerprint density at radius 2 is 2.08 bits per heavy atom. The van der Waals surface area contributed by atoms with Crippen LogP contribution in [0.2, 0.25) is 5.02 Å². The predicted molar refractivity (Wildman–Crippen MR) is 62.7 cm³/mol. The highest BCUT2D eigenvalue weighted by molar-refractivity contribution is 9.09. The van der Waals surface area contributed by atoms with Gasteiger partial charge in [0, 0.05) is 10.4 Å². The molecule has 0 radical (unpaired) electrons. The molecule has 0 atom stereocenters. The fraction of sp³-hybridized carbons (Fsp3) is 0.455. The van der Waals surface area contributed by atoms with Gasteiger partial charge >= 0.3 is 0 Å². The van der Waals surface area contributed by atoms with Crippen LogP contribution in [0.5, 0.6) is 0 Å². The number of hydrogen-bond donors (Lipinski definition) is 0. The van der Waals surface area contributed by atoms with E-state index >= 15 is 0 Å². The van der Waals surface area contributed by atoms with Gasteiger partial charge in [-0.25, -0.2) is 0 Å². The summed E-state index contributed by atoms with van der Waals surface area (Å²) in [6.07, 6.45) is 1.05. The summed E-state index contributed by atoms with van der Waals surface area (Å²) in [7, 11) is 0. The summed E-state index contributed by atoms with van der Waals surface area (Å²) < 4.78 is 0. The Labute approximate surface area is 93.4 Å². The standard InChI is InChI=1S/C11H14BrCl/c1-11(2,8-12)7-9-4-3-5-10(13)6-9/h3-6H,7-8H2,1-2H3. The lowest BCUT2D eigenvalue weighted by Crippen LogP contribution is -2.16. The van der Waals surface area contributed by atoms with Crippen molar-refractivity contribution in [3.8, 4) is 0 Å². The van der Waals surface area contributed by atoms with E-state index in [1.807, 2.05) is 18.2 Å². The second-order valence-corrected chi connectivity index (χ2v) is 5.10. The largest absolute Gasteiger partial charge is 0.0922 e. The fourth-order valence-electron chi connectivity index (χ4n) is 1.25. The topological polar surface area (TPSA) is 0 Å². The van der Waals surface area contributed by atoms with Crippen LogP contribution in [0.25, 0.3) is 0 Å². The van der Waals surface area contributed by atoms with Crippen LogP contribution in [0, 0.1) is 5.41 Å². The highest BCUT2D eigenvalue weighted by Crippen LogP contribution is 2.25. The third-order valence-corrected chi connectivity index (χ3v) is 3.69. The van der Waals surface area contributed by atoms with E-state index in [0.717, 1.165) is 16.8 Å². The van der Waals surface area contributed by atoms with Crippen LogP contribution in [0.1, 0.15) is 19.4 Å². The van der Waals surface area contributed by atoms with E-state index in [0.29, 0.717) is 5.41 Å². The van der Waals surface area contributed by atoms with Crippen molar-refractivity contribution in [2.75, 3.05) is 5.33 Å². The summed E-state index contributed by atoms with van der Waals surface area (Å²) in [5, 5.41) is 1.83. The van der Waals surface area contributed by atoms with Crippen molar-refractivity contribution in [3.05, 3.63) is 34.9 Å². The summed E-state index contributed by atoms with van der Waals surface area (Å²) in [4.78, 5) is 0. The molecule has 0 aromatic heterocycles. The van der Waals surface area contributed by atoms with Gasteiger partial charge < -0.3 is 0 Å². The highest BCUT2D eigenvalue weighted by atomic mass is 79.9. The minimum Gasteiger partial charge on any atom is -0.0922 e. The van der Waals surface area contributed by atoms with Crippen molar-refractivity contribution in [3.63, 3.8) is 0 Å².